The lowest BCUT2D eigenvalue weighted by atomic mass is 10.1. The van der Waals surface area contributed by atoms with E-state index in [4.69, 9.17) is 14.2 Å². The molecule has 0 unspecified atom stereocenters. The van der Waals surface area contributed by atoms with Crippen LogP contribution in [0.4, 0.5) is 5.69 Å². The summed E-state index contributed by atoms with van der Waals surface area (Å²) < 4.78 is 16.0. The average molecular weight is 405 g/mol. The third kappa shape index (κ3) is 5.85. The number of amides is 1. The van der Waals surface area contributed by atoms with Gasteiger partial charge in [-0.15, -0.1) is 0 Å². The van der Waals surface area contributed by atoms with Gasteiger partial charge in [-0.2, -0.15) is 0 Å². The Morgan fingerprint density at radius 2 is 1.53 bits per heavy atom. The summed E-state index contributed by atoms with van der Waals surface area (Å²) in [6.07, 6.45) is -0.944. The molecule has 0 saturated carbocycles. The van der Waals surface area contributed by atoms with Crippen LogP contribution < -0.4 is 14.8 Å². The van der Waals surface area contributed by atoms with Crippen LogP contribution in [0.1, 0.15) is 22.8 Å². The number of hydrogen-bond donors (Lipinski definition) is 1. The van der Waals surface area contributed by atoms with Gasteiger partial charge in [0.2, 0.25) is 0 Å². The molecule has 0 aromatic heterocycles. The zero-order valence-corrected chi connectivity index (χ0v) is 16.8. The van der Waals surface area contributed by atoms with Crippen molar-refractivity contribution in [1.29, 1.82) is 0 Å². The average Bonchev–Trinajstić information content (AvgIpc) is 2.79. The van der Waals surface area contributed by atoms with Crippen LogP contribution in [-0.2, 0) is 16.1 Å². The Bertz CT molecular complexity index is 969. The Labute approximate surface area is 175 Å². The van der Waals surface area contributed by atoms with E-state index in [1.165, 1.54) is 6.92 Å². The summed E-state index contributed by atoms with van der Waals surface area (Å²) >= 11 is 0. The number of ether oxygens (including phenoxy) is 3. The fourth-order valence-corrected chi connectivity index (χ4v) is 2.62. The van der Waals surface area contributed by atoms with Crippen LogP contribution in [0.3, 0.4) is 0 Å². The van der Waals surface area contributed by atoms with Gasteiger partial charge in [0.15, 0.2) is 6.10 Å². The summed E-state index contributed by atoms with van der Waals surface area (Å²) in [5, 5.41) is 2.70. The second-order valence-electron chi connectivity index (χ2n) is 6.56. The number of carbonyl (C=O) groups excluding carboxylic acids is 2. The Balaban J connectivity index is 1.50. The molecule has 0 aliphatic heterocycles. The summed E-state index contributed by atoms with van der Waals surface area (Å²) in [7, 11) is 1.57. The number of nitrogens with one attached hydrogen (secondary N) is 1. The summed E-state index contributed by atoms with van der Waals surface area (Å²) in [4.78, 5) is 24.6. The number of carbonyl (C=O) groups is 2. The number of hydrogen-bond acceptors (Lipinski definition) is 5. The van der Waals surface area contributed by atoms with Gasteiger partial charge in [-0.25, -0.2) is 4.79 Å². The second-order valence-corrected chi connectivity index (χ2v) is 6.56. The maximum atomic E-state index is 12.3. The monoisotopic (exact) mass is 405 g/mol. The summed E-state index contributed by atoms with van der Waals surface area (Å²) in [6.45, 7) is 1.92. The fraction of sp³-hybridized carbons (Fsp3) is 0.167. The van der Waals surface area contributed by atoms with E-state index in [2.05, 4.69) is 5.32 Å². The van der Waals surface area contributed by atoms with E-state index in [9.17, 15) is 9.59 Å². The van der Waals surface area contributed by atoms with Crippen LogP contribution in [0.25, 0.3) is 0 Å². The molecule has 0 radical (unpaired) electrons. The molecule has 3 aromatic carbocycles. The minimum absolute atomic E-state index is 0.363. The van der Waals surface area contributed by atoms with Crippen LogP contribution in [0, 0.1) is 0 Å². The van der Waals surface area contributed by atoms with Gasteiger partial charge in [-0.1, -0.05) is 30.3 Å². The molecular weight excluding hydrogens is 382 g/mol. The van der Waals surface area contributed by atoms with Crippen molar-refractivity contribution in [3.05, 3.63) is 90.0 Å². The summed E-state index contributed by atoms with van der Waals surface area (Å²) in [5.74, 6) is 0.479. The van der Waals surface area contributed by atoms with Crippen LogP contribution in [-0.4, -0.2) is 25.1 Å². The highest BCUT2D eigenvalue weighted by Crippen LogP contribution is 2.16. The van der Waals surface area contributed by atoms with Crippen molar-refractivity contribution < 1.29 is 23.8 Å². The first-order valence-electron chi connectivity index (χ1n) is 9.48. The number of rotatable bonds is 8. The normalized spacial score (nSPS) is 11.3. The minimum atomic E-state index is -0.944. The molecule has 0 spiro atoms. The van der Waals surface area contributed by atoms with E-state index in [0.29, 0.717) is 23.6 Å². The molecule has 6 nitrogen and oxygen atoms in total. The lowest BCUT2D eigenvalue weighted by Gasteiger charge is -2.14. The van der Waals surface area contributed by atoms with E-state index in [1.807, 2.05) is 30.3 Å². The van der Waals surface area contributed by atoms with Crippen LogP contribution >= 0.6 is 0 Å². The predicted molar refractivity (Wildman–Crippen MR) is 114 cm³/mol. The largest absolute Gasteiger partial charge is 0.497 e. The first-order chi connectivity index (χ1) is 14.5. The highest BCUT2D eigenvalue weighted by atomic mass is 16.5. The van der Waals surface area contributed by atoms with Gasteiger partial charge in [0, 0.05) is 5.69 Å². The fourth-order valence-electron chi connectivity index (χ4n) is 2.62. The third-order valence-corrected chi connectivity index (χ3v) is 4.35. The zero-order chi connectivity index (χ0) is 21.3. The molecule has 6 heteroatoms. The maximum absolute atomic E-state index is 12.3. The number of benzene rings is 3. The van der Waals surface area contributed by atoms with Crippen molar-refractivity contribution in [2.45, 2.75) is 19.6 Å². The molecule has 0 aliphatic carbocycles. The predicted octanol–water partition coefficient (Wildman–Crippen LogP) is 4.46. The van der Waals surface area contributed by atoms with Crippen molar-refractivity contribution in [2.75, 3.05) is 12.4 Å². The highest BCUT2D eigenvalue weighted by molar-refractivity contribution is 5.97. The third-order valence-electron chi connectivity index (χ3n) is 4.35. The highest BCUT2D eigenvalue weighted by Gasteiger charge is 2.19. The number of methoxy groups -OCH3 is 1. The minimum Gasteiger partial charge on any atom is -0.497 e. The summed E-state index contributed by atoms with van der Waals surface area (Å²) in [5.41, 5.74) is 1.87. The van der Waals surface area contributed by atoms with Gasteiger partial charge in [0.25, 0.3) is 5.91 Å². The Morgan fingerprint density at radius 1 is 0.867 bits per heavy atom. The van der Waals surface area contributed by atoms with Gasteiger partial charge in [0.05, 0.1) is 12.7 Å². The smallest absolute Gasteiger partial charge is 0.338 e. The lowest BCUT2D eigenvalue weighted by molar-refractivity contribution is -0.123. The molecule has 0 heterocycles. The van der Waals surface area contributed by atoms with Crippen molar-refractivity contribution in [1.82, 2.24) is 0 Å². The zero-order valence-electron chi connectivity index (χ0n) is 16.8. The number of anilines is 1. The lowest BCUT2D eigenvalue weighted by Crippen LogP contribution is -2.30. The van der Waals surface area contributed by atoms with E-state index in [-0.39, 0.29) is 0 Å². The van der Waals surface area contributed by atoms with Gasteiger partial charge >= 0.3 is 5.97 Å². The van der Waals surface area contributed by atoms with Crippen LogP contribution in [0.5, 0.6) is 11.5 Å². The van der Waals surface area contributed by atoms with Gasteiger partial charge < -0.3 is 19.5 Å². The molecule has 0 bridgehead atoms. The van der Waals surface area contributed by atoms with Crippen LogP contribution in [0.15, 0.2) is 78.9 Å². The van der Waals surface area contributed by atoms with Crippen molar-refractivity contribution in [3.63, 3.8) is 0 Å². The SMILES string of the molecule is COc1ccc(NC(=O)[C@H](C)OC(=O)c2ccc(COc3ccccc3)cc2)cc1. The van der Waals surface area contributed by atoms with E-state index in [0.717, 1.165) is 11.3 Å². The molecule has 30 heavy (non-hydrogen) atoms. The molecule has 3 aromatic rings. The topological polar surface area (TPSA) is 73.9 Å². The number of esters is 1. The van der Waals surface area contributed by atoms with Gasteiger partial charge in [0.1, 0.15) is 18.1 Å². The van der Waals surface area contributed by atoms with Gasteiger partial charge in [-0.05, 0) is 61.0 Å². The van der Waals surface area contributed by atoms with E-state index in [1.54, 1.807) is 55.6 Å². The van der Waals surface area contributed by atoms with Crippen molar-refractivity contribution in [2.24, 2.45) is 0 Å². The van der Waals surface area contributed by atoms with Crippen molar-refractivity contribution >= 4 is 17.6 Å². The molecule has 1 N–H and O–H groups in total. The summed E-state index contributed by atoms with van der Waals surface area (Å²) in [6, 6.07) is 23.3. The standard InChI is InChI=1S/C24H23NO5/c1-17(23(26)25-20-12-14-21(28-2)15-13-20)30-24(27)19-10-8-18(9-11-19)16-29-22-6-4-3-5-7-22/h3-15,17H,16H2,1-2H3,(H,25,26)/t17-/m0/s1. The Morgan fingerprint density at radius 3 is 2.17 bits per heavy atom. The van der Waals surface area contributed by atoms with E-state index < -0.39 is 18.0 Å². The Hall–Kier alpha value is -3.80. The quantitative estimate of drug-likeness (QED) is 0.560. The second kappa shape index (κ2) is 10.1. The molecule has 0 fully saturated rings. The molecule has 0 aliphatic rings. The van der Waals surface area contributed by atoms with E-state index >= 15 is 0 Å². The molecule has 0 saturated heterocycles. The molecular formula is C24H23NO5. The van der Waals surface area contributed by atoms with Crippen LogP contribution in [0.2, 0.25) is 0 Å². The molecule has 1 atom stereocenters. The maximum Gasteiger partial charge on any atom is 0.338 e. The van der Waals surface area contributed by atoms with Gasteiger partial charge in [-0.3, -0.25) is 4.79 Å². The molecule has 154 valence electrons. The van der Waals surface area contributed by atoms with Crippen molar-refractivity contribution in [3.8, 4) is 11.5 Å². The molecule has 3 rings (SSSR count). The Kier molecular flexibility index (Phi) is 7.05. The molecule has 1 amide bonds. The number of para-hydroxylation sites is 1. The first-order valence-corrected chi connectivity index (χ1v) is 9.48. The first kappa shape index (κ1) is 20.9.